The molecule has 2 atom stereocenters. The molecule has 0 bridgehead atoms. The predicted octanol–water partition coefficient (Wildman–Crippen LogP) is 5.10. The summed E-state index contributed by atoms with van der Waals surface area (Å²) in [4.78, 5) is 16.7. The molecule has 2 aromatic rings. The van der Waals surface area contributed by atoms with E-state index >= 15 is 0 Å². The number of carbonyl (C=O) groups is 1. The Morgan fingerprint density at radius 2 is 1.62 bits per heavy atom. The lowest BCUT2D eigenvalue weighted by Gasteiger charge is -2.45. The molecular weight excluding hydrogens is 364 g/mol. The van der Waals surface area contributed by atoms with Crippen LogP contribution in [0.15, 0.2) is 54.6 Å². The van der Waals surface area contributed by atoms with Gasteiger partial charge in [0.25, 0.3) is 0 Å². The topological polar surface area (TPSA) is 42.0 Å². The monoisotopic (exact) mass is 396 g/mol. The second kappa shape index (κ2) is 8.76. The van der Waals surface area contributed by atoms with Crippen molar-refractivity contribution in [3.8, 4) is 5.75 Å². The summed E-state index contributed by atoms with van der Waals surface area (Å²) in [6, 6.07) is 18.6. The molecule has 1 heterocycles. The molecular formula is C24H32N2O3. The molecule has 0 N–H and O–H groups in total. The standard InChI is InChI=1S/C24H32N2O3/c1-18-16-26(23(27)29-24(3,4)5)19(2)15-25(18)21-11-13-22(14-12-21)28-17-20-9-7-6-8-10-20/h6-14,18-19H,15-17H2,1-5H3/t18-,19+/m0/s1. The van der Waals surface area contributed by atoms with Gasteiger partial charge in [-0.15, -0.1) is 0 Å². The lowest BCUT2D eigenvalue weighted by molar-refractivity contribution is 0.0130. The average molecular weight is 397 g/mol. The van der Waals surface area contributed by atoms with E-state index < -0.39 is 5.60 Å². The van der Waals surface area contributed by atoms with Crippen LogP contribution in [0.3, 0.4) is 0 Å². The molecule has 0 radical (unpaired) electrons. The minimum atomic E-state index is -0.479. The number of hydrogen-bond acceptors (Lipinski definition) is 4. The third-order valence-corrected chi connectivity index (χ3v) is 5.03. The van der Waals surface area contributed by atoms with E-state index in [0.29, 0.717) is 13.2 Å². The van der Waals surface area contributed by atoms with Gasteiger partial charge < -0.3 is 19.3 Å². The molecule has 5 nitrogen and oxygen atoms in total. The van der Waals surface area contributed by atoms with E-state index in [2.05, 4.69) is 43.0 Å². The van der Waals surface area contributed by atoms with Crippen LogP contribution in [-0.2, 0) is 11.3 Å². The number of anilines is 1. The largest absolute Gasteiger partial charge is 0.489 e. The zero-order valence-electron chi connectivity index (χ0n) is 18.1. The van der Waals surface area contributed by atoms with E-state index in [1.807, 2.05) is 56.0 Å². The summed E-state index contributed by atoms with van der Waals surface area (Å²) in [5.41, 5.74) is 1.81. The summed E-state index contributed by atoms with van der Waals surface area (Å²) in [5.74, 6) is 0.852. The Bertz CT molecular complexity index is 799. The van der Waals surface area contributed by atoms with Gasteiger partial charge in [0.1, 0.15) is 18.0 Å². The minimum Gasteiger partial charge on any atom is -0.489 e. The Hall–Kier alpha value is -2.69. The molecule has 1 saturated heterocycles. The molecule has 156 valence electrons. The number of piperazine rings is 1. The van der Waals surface area contributed by atoms with Crippen molar-refractivity contribution in [2.45, 2.75) is 58.9 Å². The maximum atomic E-state index is 12.5. The number of amides is 1. The second-order valence-electron chi connectivity index (χ2n) is 8.75. The van der Waals surface area contributed by atoms with E-state index in [4.69, 9.17) is 9.47 Å². The first-order chi connectivity index (χ1) is 13.7. The molecule has 1 aliphatic rings. The van der Waals surface area contributed by atoms with Gasteiger partial charge >= 0.3 is 6.09 Å². The van der Waals surface area contributed by atoms with Gasteiger partial charge in [0.2, 0.25) is 0 Å². The van der Waals surface area contributed by atoms with Gasteiger partial charge in [-0.2, -0.15) is 0 Å². The molecule has 0 spiro atoms. The fourth-order valence-electron chi connectivity index (χ4n) is 3.54. The highest BCUT2D eigenvalue weighted by molar-refractivity contribution is 5.69. The quantitative estimate of drug-likeness (QED) is 0.721. The smallest absolute Gasteiger partial charge is 0.410 e. The summed E-state index contributed by atoms with van der Waals surface area (Å²) >= 11 is 0. The van der Waals surface area contributed by atoms with Crippen LogP contribution >= 0.6 is 0 Å². The van der Waals surface area contributed by atoms with Crippen LogP contribution in [-0.4, -0.2) is 41.8 Å². The van der Waals surface area contributed by atoms with Crippen molar-refractivity contribution < 1.29 is 14.3 Å². The fraction of sp³-hybridized carbons (Fsp3) is 0.458. The first kappa shape index (κ1) is 21.0. The van der Waals surface area contributed by atoms with Crippen molar-refractivity contribution in [2.24, 2.45) is 0 Å². The summed E-state index contributed by atoms with van der Waals surface area (Å²) < 4.78 is 11.5. The maximum absolute atomic E-state index is 12.5. The third-order valence-electron chi connectivity index (χ3n) is 5.03. The SMILES string of the molecule is C[C@@H]1CN(c2ccc(OCc3ccccc3)cc2)[C@@H](C)CN1C(=O)OC(C)(C)C. The fourth-order valence-corrected chi connectivity index (χ4v) is 3.54. The molecule has 0 aliphatic carbocycles. The van der Waals surface area contributed by atoms with Crippen molar-refractivity contribution in [2.75, 3.05) is 18.0 Å². The maximum Gasteiger partial charge on any atom is 0.410 e. The van der Waals surface area contributed by atoms with Crippen molar-refractivity contribution >= 4 is 11.8 Å². The van der Waals surface area contributed by atoms with Gasteiger partial charge in [-0.05, 0) is 64.4 Å². The molecule has 1 aliphatic heterocycles. The summed E-state index contributed by atoms with van der Waals surface area (Å²) in [6.45, 7) is 11.9. The van der Waals surface area contributed by atoms with Crippen LogP contribution in [0, 0.1) is 0 Å². The van der Waals surface area contributed by atoms with E-state index in [0.717, 1.165) is 23.5 Å². The van der Waals surface area contributed by atoms with E-state index in [1.165, 1.54) is 0 Å². The lowest BCUT2D eigenvalue weighted by Crippen LogP contribution is -2.58. The van der Waals surface area contributed by atoms with Crippen molar-refractivity contribution in [1.29, 1.82) is 0 Å². The number of carbonyl (C=O) groups excluding carboxylic acids is 1. The summed E-state index contributed by atoms with van der Waals surface area (Å²) in [5, 5.41) is 0. The molecule has 5 heteroatoms. The second-order valence-corrected chi connectivity index (χ2v) is 8.75. The van der Waals surface area contributed by atoms with Crippen molar-refractivity contribution in [3.05, 3.63) is 60.2 Å². The molecule has 29 heavy (non-hydrogen) atoms. The van der Waals surface area contributed by atoms with Gasteiger partial charge in [-0.25, -0.2) is 4.79 Å². The summed E-state index contributed by atoms with van der Waals surface area (Å²) in [7, 11) is 0. The van der Waals surface area contributed by atoms with E-state index in [9.17, 15) is 4.79 Å². The predicted molar refractivity (Wildman–Crippen MR) is 116 cm³/mol. The molecule has 1 fully saturated rings. The Balaban J connectivity index is 1.60. The van der Waals surface area contributed by atoms with Gasteiger partial charge in [0.05, 0.1) is 0 Å². The Kier molecular flexibility index (Phi) is 6.36. The van der Waals surface area contributed by atoms with Crippen LogP contribution in [0.1, 0.15) is 40.2 Å². The molecule has 1 amide bonds. The normalized spacial score (nSPS) is 19.8. The van der Waals surface area contributed by atoms with Crippen molar-refractivity contribution in [3.63, 3.8) is 0 Å². The van der Waals surface area contributed by atoms with Crippen LogP contribution in [0.2, 0.25) is 0 Å². The first-order valence-corrected chi connectivity index (χ1v) is 10.3. The van der Waals surface area contributed by atoms with Crippen LogP contribution in [0.4, 0.5) is 10.5 Å². The molecule has 0 aromatic heterocycles. The van der Waals surface area contributed by atoms with E-state index in [1.54, 1.807) is 0 Å². The van der Waals surface area contributed by atoms with E-state index in [-0.39, 0.29) is 18.2 Å². The molecule has 2 aromatic carbocycles. The molecule has 0 unspecified atom stereocenters. The van der Waals surface area contributed by atoms with Crippen molar-refractivity contribution in [1.82, 2.24) is 4.90 Å². The van der Waals surface area contributed by atoms with Crippen LogP contribution in [0.5, 0.6) is 5.75 Å². The zero-order chi connectivity index (χ0) is 21.0. The molecule has 0 saturated carbocycles. The highest BCUT2D eigenvalue weighted by Gasteiger charge is 2.34. The molecule has 3 rings (SSSR count). The number of ether oxygens (including phenoxy) is 2. The zero-order valence-corrected chi connectivity index (χ0v) is 18.1. The highest BCUT2D eigenvalue weighted by Crippen LogP contribution is 2.27. The van der Waals surface area contributed by atoms with Crippen LogP contribution < -0.4 is 9.64 Å². The highest BCUT2D eigenvalue weighted by atomic mass is 16.6. The van der Waals surface area contributed by atoms with Gasteiger partial charge in [0.15, 0.2) is 0 Å². The minimum absolute atomic E-state index is 0.0788. The van der Waals surface area contributed by atoms with Crippen LogP contribution in [0.25, 0.3) is 0 Å². The summed E-state index contributed by atoms with van der Waals surface area (Å²) in [6.07, 6.45) is -0.235. The Morgan fingerprint density at radius 1 is 0.966 bits per heavy atom. The number of nitrogens with zero attached hydrogens (tertiary/aromatic N) is 2. The van der Waals surface area contributed by atoms with Gasteiger partial charge in [-0.1, -0.05) is 30.3 Å². The third kappa shape index (κ3) is 5.66. The number of hydrogen-bond donors (Lipinski definition) is 0. The Labute approximate surface area is 174 Å². The van der Waals surface area contributed by atoms with Gasteiger partial charge in [-0.3, -0.25) is 0 Å². The average Bonchev–Trinajstić information content (AvgIpc) is 2.68. The number of rotatable bonds is 4. The first-order valence-electron chi connectivity index (χ1n) is 10.3. The Morgan fingerprint density at radius 3 is 2.24 bits per heavy atom. The number of benzene rings is 2. The van der Waals surface area contributed by atoms with Gasteiger partial charge in [0, 0.05) is 30.9 Å². The lowest BCUT2D eigenvalue weighted by atomic mass is 10.1.